The fourth-order valence-corrected chi connectivity index (χ4v) is 3.79. The van der Waals surface area contributed by atoms with E-state index in [2.05, 4.69) is 23.2 Å². The van der Waals surface area contributed by atoms with Gasteiger partial charge in [-0.1, -0.05) is 31.2 Å². The summed E-state index contributed by atoms with van der Waals surface area (Å²) < 4.78 is 10.7. The van der Waals surface area contributed by atoms with E-state index in [1.54, 1.807) is 7.11 Å². The number of fused-ring (bicyclic) bond motifs is 1. The first-order valence-electron chi connectivity index (χ1n) is 9.98. The van der Waals surface area contributed by atoms with Gasteiger partial charge in [0.25, 0.3) is 11.7 Å². The Morgan fingerprint density at radius 1 is 0.862 bits per heavy atom. The number of anilines is 1. The molecule has 0 bridgehead atoms. The molecule has 1 N–H and O–H groups in total. The van der Waals surface area contributed by atoms with Gasteiger partial charge >= 0.3 is 0 Å². The van der Waals surface area contributed by atoms with Crippen LogP contribution in [0.3, 0.4) is 0 Å². The first-order chi connectivity index (χ1) is 14.1. The number of amides is 1. The summed E-state index contributed by atoms with van der Waals surface area (Å²) in [5.74, 6) is 0.356. The van der Waals surface area contributed by atoms with E-state index in [0.717, 1.165) is 43.8 Å². The molecule has 0 aromatic heterocycles. The third kappa shape index (κ3) is 4.59. The van der Waals surface area contributed by atoms with Crippen molar-refractivity contribution in [2.24, 2.45) is 0 Å². The number of ketones is 1. The highest BCUT2D eigenvalue weighted by Crippen LogP contribution is 2.35. The lowest BCUT2D eigenvalue weighted by atomic mass is 10.00. The van der Waals surface area contributed by atoms with Crippen LogP contribution in [0.15, 0.2) is 36.4 Å². The number of carbonyl (C=O) groups excluding carboxylic acids is 2. The van der Waals surface area contributed by atoms with Gasteiger partial charge in [-0.3, -0.25) is 9.59 Å². The van der Waals surface area contributed by atoms with E-state index in [0.29, 0.717) is 23.4 Å². The number of rotatable bonds is 10. The zero-order valence-electron chi connectivity index (χ0n) is 17.3. The minimum Gasteiger partial charge on any atom is -0.496 e. The van der Waals surface area contributed by atoms with Crippen molar-refractivity contribution in [1.29, 1.82) is 0 Å². The zero-order valence-corrected chi connectivity index (χ0v) is 17.3. The predicted molar refractivity (Wildman–Crippen MR) is 113 cm³/mol. The molecule has 29 heavy (non-hydrogen) atoms. The van der Waals surface area contributed by atoms with Crippen LogP contribution in [0.4, 0.5) is 5.69 Å². The first kappa shape index (κ1) is 20.9. The van der Waals surface area contributed by atoms with Gasteiger partial charge in [0.15, 0.2) is 0 Å². The summed E-state index contributed by atoms with van der Waals surface area (Å²) in [5.41, 5.74) is 3.01. The molecule has 0 fully saturated rings. The molecule has 0 unspecified atom stereocenters. The number of benzene rings is 2. The summed E-state index contributed by atoms with van der Waals surface area (Å²) in [6.45, 7) is 4.84. The van der Waals surface area contributed by atoms with Crippen LogP contribution in [-0.4, -0.2) is 50.4 Å². The van der Waals surface area contributed by atoms with Gasteiger partial charge < -0.3 is 19.7 Å². The van der Waals surface area contributed by atoms with Crippen LogP contribution in [-0.2, 0) is 17.6 Å². The number of nitrogens with one attached hydrogen (secondary N) is 1. The maximum atomic E-state index is 12.3. The summed E-state index contributed by atoms with van der Waals surface area (Å²) in [6.07, 6.45) is 2.63. The summed E-state index contributed by atoms with van der Waals surface area (Å²) in [6, 6.07) is 11.8. The van der Waals surface area contributed by atoms with E-state index in [9.17, 15) is 9.59 Å². The highest BCUT2D eigenvalue weighted by atomic mass is 16.5. The lowest BCUT2D eigenvalue weighted by Crippen LogP contribution is -2.29. The minimum atomic E-state index is -0.590. The average Bonchev–Trinajstić information content (AvgIpc) is 3.05. The Kier molecular flexibility index (Phi) is 6.88. The molecule has 0 spiro atoms. The molecule has 0 atom stereocenters. The van der Waals surface area contributed by atoms with Crippen LogP contribution < -0.4 is 14.8 Å². The van der Waals surface area contributed by atoms with Gasteiger partial charge in [0.2, 0.25) is 0 Å². The molecule has 2 aromatic carbocycles. The second-order valence-electron chi connectivity index (χ2n) is 7.11. The molecule has 0 saturated carbocycles. The maximum absolute atomic E-state index is 12.3. The van der Waals surface area contributed by atoms with Crippen molar-refractivity contribution < 1.29 is 19.1 Å². The fraction of sp³-hybridized carbons (Fsp3) is 0.391. The Bertz CT molecular complexity index is 894. The van der Waals surface area contributed by atoms with Gasteiger partial charge in [-0.15, -0.1) is 0 Å². The third-order valence-corrected chi connectivity index (χ3v) is 5.27. The molecule has 0 radical (unpaired) electrons. The van der Waals surface area contributed by atoms with Gasteiger partial charge in [0.05, 0.1) is 25.5 Å². The third-order valence-electron chi connectivity index (χ3n) is 5.27. The monoisotopic (exact) mass is 396 g/mol. The number of methoxy groups -OCH3 is 2. The summed E-state index contributed by atoms with van der Waals surface area (Å²) >= 11 is 0. The Hall–Kier alpha value is -2.86. The van der Waals surface area contributed by atoms with E-state index < -0.39 is 11.7 Å². The van der Waals surface area contributed by atoms with E-state index in [1.807, 2.05) is 30.3 Å². The number of Topliss-reactive ketones (excluding diaryl/α,β-unsaturated/α-hetero) is 1. The number of nitrogens with zero attached hydrogens (tertiary/aromatic N) is 1. The van der Waals surface area contributed by atoms with Gasteiger partial charge in [-0.05, 0) is 49.1 Å². The zero-order chi connectivity index (χ0) is 20.8. The topological polar surface area (TPSA) is 67.9 Å². The lowest BCUT2D eigenvalue weighted by Gasteiger charge is -2.23. The van der Waals surface area contributed by atoms with Gasteiger partial charge in [-0.25, -0.2) is 0 Å². The molecule has 6 nitrogen and oxygen atoms in total. The van der Waals surface area contributed by atoms with E-state index in [-0.39, 0.29) is 0 Å². The van der Waals surface area contributed by atoms with E-state index >= 15 is 0 Å². The van der Waals surface area contributed by atoms with Crippen molar-refractivity contribution in [1.82, 2.24) is 4.90 Å². The van der Waals surface area contributed by atoms with Gasteiger partial charge in [0.1, 0.15) is 11.5 Å². The highest BCUT2D eigenvalue weighted by molar-refractivity contribution is 6.52. The van der Waals surface area contributed by atoms with Crippen LogP contribution in [0.2, 0.25) is 0 Å². The van der Waals surface area contributed by atoms with Crippen molar-refractivity contribution in [3.05, 3.63) is 53.1 Å². The summed E-state index contributed by atoms with van der Waals surface area (Å²) in [4.78, 5) is 26.6. The second kappa shape index (κ2) is 9.56. The predicted octanol–water partition coefficient (Wildman–Crippen LogP) is 3.34. The quantitative estimate of drug-likeness (QED) is 0.624. The normalized spacial score (nSPS) is 12.8. The molecule has 1 heterocycles. The Morgan fingerprint density at radius 3 is 2.24 bits per heavy atom. The SMILES string of the molecule is CCCN(CCc1ccccc1OC)CCc1ccc(OC)c2c1C(=O)C(=O)N2. The van der Waals surface area contributed by atoms with Gasteiger partial charge in [-0.2, -0.15) is 0 Å². The minimum absolute atomic E-state index is 0.454. The van der Waals surface area contributed by atoms with Crippen molar-refractivity contribution in [3.63, 3.8) is 0 Å². The summed E-state index contributed by atoms with van der Waals surface area (Å²) in [7, 11) is 3.23. The number of para-hydroxylation sites is 1. The summed E-state index contributed by atoms with van der Waals surface area (Å²) in [5, 5.41) is 2.64. The van der Waals surface area contributed by atoms with Crippen LogP contribution in [0.5, 0.6) is 11.5 Å². The molecule has 0 saturated heterocycles. The standard InChI is InChI=1S/C23H28N2O4/c1-4-13-25(14-11-16-7-5-6-8-18(16)28-2)15-12-17-9-10-19(29-3)21-20(17)22(26)23(27)24-21/h5-10H,4,11-15H2,1-3H3,(H,24,26,27). The van der Waals surface area contributed by atoms with Gasteiger partial charge in [0, 0.05) is 13.1 Å². The molecule has 1 amide bonds. The number of hydrogen-bond acceptors (Lipinski definition) is 5. The molecular weight excluding hydrogens is 368 g/mol. The first-order valence-corrected chi connectivity index (χ1v) is 9.98. The van der Waals surface area contributed by atoms with Crippen LogP contribution in [0.1, 0.15) is 34.8 Å². The fourth-order valence-electron chi connectivity index (χ4n) is 3.79. The Labute approximate surface area is 171 Å². The van der Waals surface area contributed by atoms with Crippen molar-refractivity contribution in [2.45, 2.75) is 26.2 Å². The van der Waals surface area contributed by atoms with Crippen LogP contribution in [0.25, 0.3) is 0 Å². The molecule has 1 aliphatic heterocycles. The number of carbonyl (C=O) groups is 2. The van der Waals surface area contributed by atoms with E-state index in [4.69, 9.17) is 9.47 Å². The van der Waals surface area contributed by atoms with Crippen LogP contribution in [0, 0.1) is 0 Å². The molecular formula is C23H28N2O4. The Balaban J connectivity index is 1.71. The lowest BCUT2D eigenvalue weighted by molar-refractivity contribution is -0.112. The molecule has 0 aliphatic carbocycles. The molecule has 154 valence electrons. The second-order valence-corrected chi connectivity index (χ2v) is 7.11. The Morgan fingerprint density at radius 2 is 1.55 bits per heavy atom. The number of hydrogen-bond donors (Lipinski definition) is 1. The smallest absolute Gasteiger partial charge is 0.296 e. The average molecular weight is 396 g/mol. The maximum Gasteiger partial charge on any atom is 0.296 e. The van der Waals surface area contributed by atoms with Crippen molar-refractivity contribution >= 4 is 17.4 Å². The molecule has 3 rings (SSSR count). The van der Waals surface area contributed by atoms with E-state index in [1.165, 1.54) is 12.7 Å². The van der Waals surface area contributed by atoms with Crippen molar-refractivity contribution in [2.75, 3.05) is 39.2 Å². The molecule has 6 heteroatoms. The number of ether oxygens (including phenoxy) is 2. The van der Waals surface area contributed by atoms with Crippen molar-refractivity contribution in [3.8, 4) is 11.5 Å². The highest BCUT2D eigenvalue weighted by Gasteiger charge is 2.33. The largest absolute Gasteiger partial charge is 0.496 e. The molecule has 1 aliphatic rings. The van der Waals surface area contributed by atoms with Crippen LogP contribution >= 0.6 is 0 Å². The molecule has 2 aromatic rings.